The van der Waals surface area contributed by atoms with Gasteiger partial charge in [-0.25, -0.2) is 9.40 Å². The molecule has 5 rings (SSSR count). The minimum Gasteiger partial charge on any atom is -0.484 e. The van der Waals surface area contributed by atoms with Crippen molar-refractivity contribution < 1.29 is 36.7 Å². The van der Waals surface area contributed by atoms with Gasteiger partial charge in [0.1, 0.15) is 11.6 Å². The van der Waals surface area contributed by atoms with E-state index in [0.717, 1.165) is 23.9 Å². The molecular formula is C28H19F4N3O4S. The van der Waals surface area contributed by atoms with Crippen molar-refractivity contribution in [3.63, 3.8) is 0 Å². The van der Waals surface area contributed by atoms with Crippen molar-refractivity contribution in [3.05, 3.63) is 106 Å². The minimum atomic E-state index is -4.50. The average Bonchev–Trinajstić information content (AvgIpc) is 3.51. The van der Waals surface area contributed by atoms with Crippen LogP contribution < -0.4 is 10.1 Å². The smallest absolute Gasteiger partial charge is 0.416 e. The fourth-order valence-electron chi connectivity index (χ4n) is 4.15. The highest BCUT2D eigenvalue weighted by Gasteiger charge is 2.35. The third-order valence-corrected chi connectivity index (χ3v) is 6.96. The van der Waals surface area contributed by atoms with Crippen molar-refractivity contribution in [2.45, 2.75) is 18.6 Å². The fraction of sp³-hybridized carbons (Fsp3) is 0.143. The van der Waals surface area contributed by atoms with E-state index in [9.17, 15) is 31.9 Å². The van der Waals surface area contributed by atoms with Crippen molar-refractivity contribution in [3.8, 4) is 5.75 Å². The Bertz CT molecular complexity index is 1520. The number of alkyl halides is 3. The van der Waals surface area contributed by atoms with E-state index in [2.05, 4.69) is 10.4 Å². The number of carbonyl (C=O) groups excluding carboxylic acids is 3. The molecule has 1 fully saturated rings. The van der Waals surface area contributed by atoms with Gasteiger partial charge in [0, 0.05) is 6.42 Å². The van der Waals surface area contributed by atoms with Gasteiger partial charge in [-0.1, -0.05) is 36.4 Å². The number of hydrogen-bond acceptors (Lipinski definition) is 6. The fourth-order valence-corrected chi connectivity index (χ4v) is 4.84. The molecule has 3 amide bonds. The SMILES string of the molecule is O=C1NC(=O)/C(=C\c2ccc(OCC(=O)N3N=C(c4ccc(F)cc4)CC3c3ccc(C(F)(F)F)cc3)cc2)S1. The van der Waals surface area contributed by atoms with Crippen LogP contribution in [0.4, 0.5) is 22.4 Å². The molecule has 0 radical (unpaired) electrons. The predicted molar refractivity (Wildman–Crippen MR) is 140 cm³/mol. The highest BCUT2D eigenvalue weighted by Crippen LogP contribution is 2.35. The first-order chi connectivity index (χ1) is 19.1. The molecule has 12 heteroatoms. The van der Waals surface area contributed by atoms with E-state index in [0.29, 0.717) is 28.2 Å². The summed E-state index contributed by atoms with van der Waals surface area (Å²) in [5, 5.41) is 7.31. The molecule has 0 aliphatic carbocycles. The Kier molecular flexibility index (Phi) is 7.44. The lowest BCUT2D eigenvalue weighted by molar-refractivity contribution is -0.138. The van der Waals surface area contributed by atoms with Crippen LogP contribution in [-0.4, -0.2) is 34.4 Å². The zero-order valence-electron chi connectivity index (χ0n) is 20.4. The molecule has 204 valence electrons. The highest BCUT2D eigenvalue weighted by atomic mass is 32.2. The molecule has 2 aliphatic rings. The van der Waals surface area contributed by atoms with Gasteiger partial charge in [0.05, 0.1) is 22.2 Å². The number of nitrogens with one attached hydrogen (secondary N) is 1. The van der Waals surface area contributed by atoms with Crippen molar-refractivity contribution in [2.75, 3.05) is 6.61 Å². The summed E-state index contributed by atoms with van der Waals surface area (Å²) in [6.45, 7) is -0.412. The topological polar surface area (TPSA) is 88.1 Å². The minimum absolute atomic E-state index is 0.209. The first kappa shape index (κ1) is 27.1. The van der Waals surface area contributed by atoms with Gasteiger partial charge in [-0.3, -0.25) is 19.7 Å². The zero-order chi connectivity index (χ0) is 28.4. The first-order valence-electron chi connectivity index (χ1n) is 11.9. The van der Waals surface area contributed by atoms with Crippen LogP contribution in [0.3, 0.4) is 0 Å². The van der Waals surface area contributed by atoms with Gasteiger partial charge in [-0.15, -0.1) is 0 Å². The number of hydrazone groups is 1. The quantitative estimate of drug-likeness (QED) is 0.294. The van der Waals surface area contributed by atoms with E-state index in [1.54, 1.807) is 30.3 Å². The maximum atomic E-state index is 13.4. The first-order valence-corrected chi connectivity index (χ1v) is 12.7. The molecule has 0 bridgehead atoms. The summed E-state index contributed by atoms with van der Waals surface area (Å²) in [7, 11) is 0. The number of imide groups is 1. The zero-order valence-corrected chi connectivity index (χ0v) is 21.3. The van der Waals surface area contributed by atoms with Crippen LogP contribution in [0.2, 0.25) is 0 Å². The standard InChI is InChI=1S/C28H19F4N3O4S/c29-20-9-5-17(6-10-20)22-14-23(18-3-7-19(8-4-18)28(30,31)32)35(34-22)25(36)15-39-21-11-1-16(2-12-21)13-24-26(37)33-27(38)40-24/h1-13,23H,14-15H2,(H,33,37,38)/b24-13+. The lowest BCUT2D eigenvalue weighted by Gasteiger charge is -2.22. The second kappa shape index (κ2) is 11.0. The van der Waals surface area contributed by atoms with Crippen molar-refractivity contribution in [1.82, 2.24) is 10.3 Å². The summed E-state index contributed by atoms with van der Waals surface area (Å²) in [5.74, 6) is -1.10. The third kappa shape index (κ3) is 6.07. The summed E-state index contributed by atoms with van der Waals surface area (Å²) in [5.41, 5.74) is 1.33. The summed E-state index contributed by atoms with van der Waals surface area (Å²) in [6, 6.07) is 15.8. The molecule has 1 atom stereocenters. The van der Waals surface area contributed by atoms with Gasteiger partial charge in [0.25, 0.3) is 17.1 Å². The number of carbonyl (C=O) groups is 3. The maximum absolute atomic E-state index is 13.4. The summed E-state index contributed by atoms with van der Waals surface area (Å²) in [6.07, 6.45) is -2.75. The van der Waals surface area contributed by atoms with Crippen LogP contribution >= 0.6 is 11.8 Å². The molecule has 40 heavy (non-hydrogen) atoms. The molecule has 1 unspecified atom stereocenters. The number of nitrogens with zero attached hydrogens (tertiary/aromatic N) is 2. The van der Waals surface area contributed by atoms with Gasteiger partial charge in [-0.2, -0.15) is 18.3 Å². The Hall–Kier alpha value is -4.45. The summed E-state index contributed by atoms with van der Waals surface area (Å²) < 4.78 is 58.3. The van der Waals surface area contributed by atoms with E-state index in [1.807, 2.05) is 0 Å². The maximum Gasteiger partial charge on any atom is 0.416 e. The number of ether oxygens (including phenoxy) is 1. The van der Waals surface area contributed by atoms with E-state index < -0.39 is 47.3 Å². The van der Waals surface area contributed by atoms with E-state index in [-0.39, 0.29) is 11.3 Å². The number of amides is 3. The Morgan fingerprint density at radius 2 is 1.70 bits per heavy atom. The number of thioether (sulfide) groups is 1. The summed E-state index contributed by atoms with van der Waals surface area (Å²) >= 11 is 0.794. The molecular weight excluding hydrogens is 550 g/mol. The largest absolute Gasteiger partial charge is 0.484 e. The Balaban J connectivity index is 1.32. The predicted octanol–water partition coefficient (Wildman–Crippen LogP) is 5.93. The Morgan fingerprint density at radius 1 is 1.02 bits per heavy atom. The normalized spacial score (nSPS) is 18.2. The molecule has 0 spiro atoms. The van der Waals surface area contributed by atoms with Crippen LogP contribution in [0, 0.1) is 5.82 Å². The second-order valence-corrected chi connectivity index (χ2v) is 9.86. The highest BCUT2D eigenvalue weighted by molar-refractivity contribution is 8.18. The number of benzene rings is 3. The van der Waals surface area contributed by atoms with Crippen molar-refractivity contribution in [2.24, 2.45) is 5.10 Å². The molecule has 0 aromatic heterocycles. The van der Waals surface area contributed by atoms with Crippen molar-refractivity contribution in [1.29, 1.82) is 0 Å². The molecule has 3 aromatic carbocycles. The van der Waals surface area contributed by atoms with Crippen LogP contribution in [0.1, 0.15) is 34.7 Å². The van der Waals surface area contributed by atoms with E-state index in [1.165, 1.54) is 41.4 Å². The molecule has 2 aliphatic heterocycles. The lowest BCUT2D eigenvalue weighted by Crippen LogP contribution is -2.31. The number of halogens is 4. The molecule has 1 saturated heterocycles. The van der Waals surface area contributed by atoms with Crippen LogP contribution in [0.15, 0.2) is 82.8 Å². The van der Waals surface area contributed by atoms with Gasteiger partial charge < -0.3 is 4.74 Å². The van der Waals surface area contributed by atoms with Crippen LogP contribution in [-0.2, 0) is 15.8 Å². The summed E-state index contributed by atoms with van der Waals surface area (Å²) in [4.78, 5) is 36.5. The number of hydrogen-bond donors (Lipinski definition) is 1. The van der Waals surface area contributed by atoms with E-state index in [4.69, 9.17) is 4.74 Å². The average molecular weight is 570 g/mol. The molecule has 2 heterocycles. The van der Waals surface area contributed by atoms with Gasteiger partial charge in [0.15, 0.2) is 6.61 Å². The Labute approximate surface area is 229 Å². The van der Waals surface area contributed by atoms with E-state index >= 15 is 0 Å². The second-order valence-electron chi connectivity index (χ2n) is 8.84. The molecule has 0 saturated carbocycles. The Morgan fingerprint density at radius 3 is 2.30 bits per heavy atom. The van der Waals surface area contributed by atoms with Crippen LogP contribution in [0.5, 0.6) is 5.75 Å². The lowest BCUT2D eigenvalue weighted by atomic mass is 9.97. The van der Waals surface area contributed by atoms with Crippen LogP contribution in [0.25, 0.3) is 6.08 Å². The molecule has 3 aromatic rings. The van der Waals surface area contributed by atoms with Crippen molar-refractivity contribution >= 4 is 40.6 Å². The molecule has 1 N–H and O–H groups in total. The van der Waals surface area contributed by atoms with Gasteiger partial charge in [0.2, 0.25) is 0 Å². The number of rotatable bonds is 6. The monoisotopic (exact) mass is 569 g/mol. The van der Waals surface area contributed by atoms with Gasteiger partial charge >= 0.3 is 6.18 Å². The molecule has 7 nitrogen and oxygen atoms in total. The third-order valence-electron chi connectivity index (χ3n) is 6.15. The van der Waals surface area contributed by atoms with Gasteiger partial charge in [-0.05, 0) is 70.9 Å².